The topological polar surface area (TPSA) is 80.9 Å². The van der Waals surface area contributed by atoms with Crippen molar-refractivity contribution in [2.24, 2.45) is 5.92 Å². The molecule has 0 aliphatic carbocycles. The Bertz CT molecular complexity index is 381. The zero-order chi connectivity index (χ0) is 13.1. The summed E-state index contributed by atoms with van der Waals surface area (Å²) in [5.74, 6) is 0.0840. The molecule has 1 rings (SSSR count). The highest BCUT2D eigenvalue weighted by molar-refractivity contribution is 5.66. The van der Waals surface area contributed by atoms with Gasteiger partial charge in [-0.05, 0) is 16.3 Å². The number of aromatic nitrogens is 4. The van der Waals surface area contributed by atoms with E-state index in [0.29, 0.717) is 6.54 Å². The number of aliphatic carboxylic acids is 1. The monoisotopic (exact) mass is 240 g/mol. The van der Waals surface area contributed by atoms with E-state index in [1.165, 1.54) is 0 Å². The van der Waals surface area contributed by atoms with Crippen molar-refractivity contribution in [2.45, 2.75) is 52.5 Å². The SMILES string of the molecule is CCC(CC(=O)O)Cn1nnnc1C(C)(C)C. The lowest BCUT2D eigenvalue weighted by Gasteiger charge is -2.19. The van der Waals surface area contributed by atoms with Crippen LogP contribution in [0.4, 0.5) is 0 Å². The van der Waals surface area contributed by atoms with E-state index in [1.807, 2.05) is 27.7 Å². The van der Waals surface area contributed by atoms with Crippen LogP contribution in [0.3, 0.4) is 0 Å². The van der Waals surface area contributed by atoms with Crippen LogP contribution in [0.5, 0.6) is 0 Å². The first-order chi connectivity index (χ1) is 7.84. The van der Waals surface area contributed by atoms with Gasteiger partial charge in [0.05, 0.1) is 0 Å². The summed E-state index contributed by atoms with van der Waals surface area (Å²) in [6.45, 7) is 8.64. The molecule has 6 nitrogen and oxygen atoms in total. The highest BCUT2D eigenvalue weighted by Gasteiger charge is 2.23. The first kappa shape index (κ1) is 13.6. The lowest BCUT2D eigenvalue weighted by molar-refractivity contribution is -0.138. The van der Waals surface area contributed by atoms with Gasteiger partial charge in [-0.2, -0.15) is 0 Å². The van der Waals surface area contributed by atoms with E-state index in [2.05, 4.69) is 15.5 Å². The van der Waals surface area contributed by atoms with Crippen LogP contribution >= 0.6 is 0 Å². The summed E-state index contributed by atoms with van der Waals surface area (Å²) in [6.07, 6.45) is 0.954. The molecule has 0 saturated heterocycles. The van der Waals surface area contributed by atoms with Gasteiger partial charge in [0.1, 0.15) is 0 Å². The largest absolute Gasteiger partial charge is 0.481 e. The maximum absolute atomic E-state index is 10.7. The Labute approximate surface area is 101 Å². The lowest BCUT2D eigenvalue weighted by Crippen LogP contribution is -2.23. The molecule has 6 heteroatoms. The van der Waals surface area contributed by atoms with Crippen molar-refractivity contribution in [3.8, 4) is 0 Å². The number of carboxylic acid groups (broad SMARTS) is 1. The number of tetrazole rings is 1. The minimum absolute atomic E-state index is 0.0668. The highest BCUT2D eigenvalue weighted by Crippen LogP contribution is 2.20. The predicted molar refractivity (Wildman–Crippen MR) is 62.6 cm³/mol. The maximum atomic E-state index is 10.7. The van der Waals surface area contributed by atoms with Crippen molar-refractivity contribution in [1.82, 2.24) is 20.2 Å². The van der Waals surface area contributed by atoms with Crippen LogP contribution in [0.2, 0.25) is 0 Å². The summed E-state index contributed by atoms with van der Waals surface area (Å²) < 4.78 is 1.72. The molecular weight excluding hydrogens is 220 g/mol. The molecule has 0 radical (unpaired) electrons. The van der Waals surface area contributed by atoms with Crippen molar-refractivity contribution in [1.29, 1.82) is 0 Å². The zero-order valence-electron chi connectivity index (χ0n) is 10.8. The molecule has 0 aliphatic heterocycles. The third-order valence-electron chi connectivity index (χ3n) is 2.67. The van der Waals surface area contributed by atoms with Gasteiger partial charge in [0.15, 0.2) is 5.82 Å². The lowest BCUT2D eigenvalue weighted by atomic mass is 9.95. The Morgan fingerprint density at radius 3 is 2.59 bits per heavy atom. The van der Waals surface area contributed by atoms with Crippen molar-refractivity contribution in [3.63, 3.8) is 0 Å². The molecule has 1 unspecified atom stereocenters. The van der Waals surface area contributed by atoms with E-state index in [0.717, 1.165) is 12.2 Å². The average Bonchev–Trinajstić information content (AvgIpc) is 2.63. The number of nitrogens with zero attached hydrogens (tertiary/aromatic N) is 4. The van der Waals surface area contributed by atoms with E-state index >= 15 is 0 Å². The van der Waals surface area contributed by atoms with Crippen LogP contribution in [-0.4, -0.2) is 31.3 Å². The Balaban J connectivity index is 2.80. The summed E-state index contributed by atoms with van der Waals surface area (Å²) in [4.78, 5) is 10.7. The molecule has 1 heterocycles. The molecule has 1 aromatic rings. The molecule has 17 heavy (non-hydrogen) atoms. The van der Waals surface area contributed by atoms with Gasteiger partial charge in [0.25, 0.3) is 0 Å². The molecular formula is C11H20N4O2. The fourth-order valence-electron chi connectivity index (χ4n) is 1.69. The summed E-state index contributed by atoms with van der Waals surface area (Å²) in [5.41, 5.74) is -0.134. The molecule has 0 fully saturated rings. The van der Waals surface area contributed by atoms with E-state index in [-0.39, 0.29) is 17.8 Å². The van der Waals surface area contributed by atoms with E-state index in [9.17, 15) is 4.79 Å². The van der Waals surface area contributed by atoms with E-state index in [4.69, 9.17) is 5.11 Å². The van der Waals surface area contributed by atoms with Gasteiger partial charge in [-0.25, -0.2) is 4.68 Å². The van der Waals surface area contributed by atoms with Crippen molar-refractivity contribution >= 4 is 5.97 Å². The summed E-state index contributed by atoms with van der Waals surface area (Å²) in [6, 6.07) is 0. The Kier molecular flexibility index (Phi) is 4.20. The van der Waals surface area contributed by atoms with Crippen molar-refractivity contribution in [3.05, 3.63) is 5.82 Å². The van der Waals surface area contributed by atoms with Gasteiger partial charge < -0.3 is 5.11 Å². The van der Waals surface area contributed by atoms with Gasteiger partial charge in [-0.1, -0.05) is 34.1 Å². The van der Waals surface area contributed by atoms with Gasteiger partial charge in [-0.3, -0.25) is 4.79 Å². The summed E-state index contributed by atoms with van der Waals surface area (Å²) >= 11 is 0. The second kappa shape index (κ2) is 5.25. The summed E-state index contributed by atoms with van der Waals surface area (Å²) in [5, 5.41) is 20.4. The second-order valence-electron chi connectivity index (χ2n) is 5.31. The fourth-order valence-corrected chi connectivity index (χ4v) is 1.69. The number of carbonyl (C=O) groups is 1. The molecule has 0 saturated carbocycles. The number of carboxylic acids is 1. The minimum atomic E-state index is -0.776. The molecule has 1 aromatic heterocycles. The van der Waals surface area contributed by atoms with Crippen molar-refractivity contribution < 1.29 is 9.90 Å². The van der Waals surface area contributed by atoms with Gasteiger partial charge in [0, 0.05) is 18.4 Å². The first-order valence-corrected chi connectivity index (χ1v) is 5.83. The maximum Gasteiger partial charge on any atom is 0.303 e. The molecule has 0 aromatic carbocycles. The standard InChI is InChI=1S/C11H20N4O2/c1-5-8(6-9(16)17)7-15-10(11(2,3)4)12-13-14-15/h8H,5-7H2,1-4H3,(H,16,17). The summed E-state index contributed by atoms with van der Waals surface area (Å²) in [7, 11) is 0. The van der Waals surface area contributed by atoms with Gasteiger partial charge >= 0.3 is 5.97 Å². The van der Waals surface area contributed by atoms with E-state index < -0.39 is 5.97 Å². The quantitative estimate of drug-likeness (QED) is 0.842. The van der Waals surface area contributed by atoms with Crippen molar-refractivity contribution in [2.75, 3.05) is 0 Å². The number of rotatable bonds is 5. The molecule has 0 aliphatic rings. The zero-order valence-corrected chi connectivity index (χ0v) is 10.8. The molecule has 96 valence electrons. The number of hydrogen-bond donors (Lipinski definition) is 1. The van der Waals surface area contributed by atoms with Crippen LogP contribution in [0.1, 0.15) is 46.4 Å². The molecule has 0 spiro atoms. The third-order valence-corrected chi connectivity index (χ3v) is 2.67. The van der Waals surface area contributed by atoms with Crippen LogP contribution in [0.15, 0.2) is 0 Å². The number of hydrogen-bond acceptors (Lipinski definition) is 4. The van der Waals surface area contributed by atoms with Crippen LogP contribution < -0.4 is 0 Å². The average molecular weight is 240 g/mol. The Hall–Kier alpha value is -1.46. The molecule has 1 N–H and O–H groups in total. The minimum Gasteiger partial charge on any atom is -0.481 e. The Morgan fingerprint density at radius 2 is 2.12 bits per heavy atom. The molecule has 1 atom stereocenters. The molecule has 0 amide bonds. The predicted octanol–water partition coefficient (Wildman–Crippen LogP) is 1.47. The Morgan fingerprint density at radius 1 is 1.47 bits per heavy atom. The van der Waals surface area contributed by atoms with Gasteiger partial charge in [-0.15, -0.1) is 5.10 Å². The third kappa shape index (κ3) is 3.80. The van der Waals surface area contributed by atoms with Crippen LogP contribution in [-0.2, 0) is 16.8 Å². The van der Waals surface area contributed by atoms with E-state index in [1.54, 1.807) is 4.68 Å². The second-order valence-corrected chi connectivity index (χ2v) is 5.31. The highest BCUT2D eigenvalue weighted by atomic mass is 16.4. The molecule has 0 bridgehead atoms. The van der Waals surface area contributed by atoms with Crippen LogP contribution in [0, 0.1) is 5.92 Å². The first-order valence-electron chi connectivity index (χ1n) is 5.83. The van der Waals surface area contributed by atoms with Gasteiger partial charge in [0.2, 0.25) is 0 Å². The smallest absolute Gasteiger partial charge is 0.303 e. The normalized spacial score (nSPS) is 13.6. The fraction of sp³-hybridized carbons (Fsp3) is 0.818. The van der Waals surface area contributed by atoms with Crippen LogP contribution in [0.25, 0.3) is 0 Å².